The molecule has 1 aromatic carbocycles. The molecule has 26 heavy (non-hydrogen) atoms. The van der Waals surface area contributed by atoms with E-state index in [0.29, 0.717) is 5.92 Å². The molecule has 1 N–H and O–H groups in total. The Balaban J connectivity index is 1.79. The van der Waals surface area contributed by atoms with Crippen LogP contribution in [0.15, 0.2) is 24.3 Å². The summed E-state index contributed by atoms with van der Waals surface area (Å²) in [5.74, 6) is 1.75. The van der Waals surface area contributed by atoms with Gasteiger partial charge < -0.3 is 19.5 Å². The lowest BCUT2D eigenvalue weighted by atomic mass is 9.80. The molecule has 5 nitrogen and oxygen atoms in total. The van der Waals surface area contributed by atoms with Crippen molar-refractivity contribution in [3.05, 3.63) is 29.8 Å². The lowest BCUT2D eigenvalue weighted by Crippen LogP contribution is -2.42. The van der Waals surface area contributed by atoms with E-state index >= 15 is 0 Å². The second kappa shape index (κ2) is 7.47. The zero-order valence-corrected chi connectivity index (χ0v) is 16.3. The average molecular weight is 361 g/mol. The molecule has 1 aliphatic heterocycles. The van der Waals surface area contributed by atoms with Crippen LogP contribution in [0.3, 0.4) is 0 Å². The van der Waals surface area contributed by atoms with Gasteiger partial charge in [0, 0.05) is 19.2 Å². The summed E-state index contributed by atoms with van der Waals surface area (Å²) in [4.78, 5) is 14.5. The van der Waals surface area contributed by atoms with Gasteiger partial charge in [0.15, 0.2) is 0 Å². The van der Waals surface area contributed by atoms with Crippen molar-refractivity contribution >= 4 is 6.09 Å². The third-order valence-electron chi connectivity index (χ3n) is 5.64. The van der Waals surface area contributed by atoms with E-state index in [-0.39, 0.29) is 30.6 Å². The Kier molecular flexibility index (Phi) is 5.47. The first-order valence-corrected chi connectivity index (χ1v) is 9.55. The van der Waals surface area contributed by atoms with Crippen LogP contribution in [0.1, 0.15) is 51.5 Å². The lowest BCUT2D eigenvalue weighted by molar-refractivity contribution is 0.0186. The molecule has 2 fully saturated rings. The maximum Gasteiger partial charge on any atom is 0.410 e. The number of amides is 1. The summed E-state index contributed by atoms with van der Waals surface area (Å²) in [5.41, 5.74) is 0.730. The molecule has 1 amide bonds. The Morgan fingerprint density at radius 3 is 2.46 bits per heavy atom. The second-order valence-corrected chi connectivity index (χ2v) is 8.68. The zero-order valence-electron chi connectivity index (χ0n) is 16.3. The van der Waals surface area contributed by atoms with Crippen molar-refractivity contribution in [3.8, 4) is 5.75 Å². The van der Waals surface area contributed by atoms with Crippen molar-refractivity contribution in [1.29, 1.82) is 0 Å². The van der Waals surface area contributed by atoms with E-state index in [2.05, 4.69) is 12.1 Å². The Bertz CT molecular complexity index is 622. The summed E-state index contributed by atoms with van der Waals surface area (Å²) in [5, 5.41) is 9.97. The smallest absolute Gasteiger partial charge is 0.410 e. The SMILES string of the molecule is COc1ccc([C@@H]2C[C@H]3CC(C[C@H]2CO)CN3C(=O)OC(C)(C)C)cc1. The predicted molar refractivity (Wildman–Crippen MR) is 100 cm³/mol. The summed E-state index contributed by atoms with van der Waals surface area (Å²) in [6, 6.07) is 8.29. The Labute approximate surface area is 156 Å². The largest absolute Gasteiger partial charge is 0.497 e. The quantitative estimate of drug-likeness (QED) is 0.889. The highest BCUT2D eigenvalue weighted by molar-refractivity contribution is 5.69. The van der Waals surface area contributed by atoms with Crippen molar-refractivity contribution in [3.63, 3.8) is 0 Å². The summed E-state index contributed by atoms with van der Waals surface area (Å²) in [6.07, 6.45) is 2.61. The maximum absolute atomic E-state index is 12.6. The molecular formula is C21H31NO4. The van der Waals surface area contributed by atoms with Crippen molar-refractivity contribution in [2.45, 2.75) is 57.6 Å². The number of hydrogen-bond acceptors (Lipinski definition) is 4. The van der Waals surface area contributed by atoms with Crippen molar-refractivity contribution in [2.75, 3.05) is 20.3 Å². The van der Waals surface area contributed by atoms with Gasteiger partial charge in [-0.25, -0.2) is 4.79 Å². The molecule has 3 rings (SSSR count). The topological polar surface area (TPSA) is 59.0 Å². The molecule has 1 aromatic rings. The van der Waals surface area contributed by atoms with E-state index in [9.17, 15) is 9.90 Å². The molecule has 1 aliphatic carbocycles. The van der Waals surface area contributed by atoms with E-state index in [1.807, 2.05) is 37.8 Å². The zero-order chi connectivity index (χ0) is 18.9. The van der Waals surface area contributed by atoms with E-state index in [0.717, 1.165) is 31.6 Å². The highest BCUT2D eigenvalue weighted by atomic mass is 16.6. The predicted octanol–water partition coefficient (Wildman–Crippen LogP) is 3.81. The maximum atomic E-state index is 12.6. The molecule has 0 radical (unpaired) electrons. The number of aliphatic hydroxyl groups excluding tert-OH is 1. The van der Waals surface area contributed by atoms with Gasteiger partial charge in [-0.3, -0.25) is 0 Å². The van der Waals surface area contributed by atoms with E-state index in [4.69, 9.17) is 9.47 Å². The number of rotatable bonds is 3. The monoisotopic (exact) mass is 361 g/mol. The van der Waals surface area contributed by atoms with Crippen LogP contribution < -0.4 is 4.74 Å². The van der Waals surface area contributed by atoms with Gasteiger partial charge in [0.1, 0.15) is 11.4 Å². The van der Waals surface area contributed by atoms with Crippen molar-refractivity contribution in [1.82, 2.24) is 4.90 Å². The normalized spacial score (nSPS) is 28.6. The number of carbonyl (C=O) groups excluding carboxylic acids is 1. The first-order chi connectivity index (χ1) is 12.3. The summed E-state index contributed by atoms with van der Waals surface area (Å²) < 4.78 is 10.9. The van der Waals surface area contributed by atoms with E-state index in [1.54, 1.807) is 7.11 Å². The third kappa shape index (κ3) is 4.14. The van der Waals surface area contributed by atoms with E-state index < -0.39 is 5.60 Å². The number of carbonyl (C=O) groups is 1. The lowest BCUT2D eigenvalue weighted by Gasteiger charge is -2.34. The molecule has 4 atom stereocenters. The Hall–Kier alpha value is -1.75. The van der Waals surface area contributed by atoms with Crippen LogP contribution in [0.5, 0.6) is 5.75 Å². The molecule has 2 aliphatic rings. The van der Waals surface area contributed by atoms with Crippen LogP contribution in [0, 0.1) is 11.8 Å². The number of hydrogen-bond donors (Lipinski definition) is 1. The molecule has 1 heterocycles. The van der Waals surface area contributed by atoms with Gasteiger partial charge in [-0.1, -0.05) is 12.1 Å². The minimum Gasteiger partial charge on any atom is -0.497 e. The number of likely N-dealkylation sites (tertiary alicyclic amines) is 1. The number of methoxy groups -OCH3 is 1. The first-order valence-electron chi connectivity index (χ1n) is 9.55. The fourth-order valence-electron chi connectivity index (χ4n) is 4.49. The Morgan fingerprint density at radius 1 is 1.19 bits per heavy atom. The van der Waals surface area contributed by atoms with Gasteiger partial charge in [-0.2, -0.15) is 0 Å². The highest BCUT2D eigenvalue weighted by Gasteiger charge is 2.44. The second-order valence-electron chi connectivity index (χ2n) is 8.68. The van der Waals surface area contributed by atoms with Crippen molar-refractivity contribution < 1.29 is 19.4 Å². The molecule has 1 saturated carbocycles. The van der Waals surface area contributed by atoms with Gasteiger partial charge in [-0.05, 0) is 75.5 Å². The van der Waals surface area contributed by atoms with Gasteiger partial charge >= 0.3 is 6.09 Å². The fraction of sp³-hybridized carbons (Fsp3) is 0.667. The van der Waals surface area contributed by atoms with Gasteiger partial charge in [0.2, 0.25) is 0 Å². The summed E-state index contributed by atoms with van der Waals surface area (Å²) >= 11 is 0. The average Bonchev–Trinajstić information content (AvgIpc) is 2.88. The van der Waals surface area contributed by atoms with Gasteiger partial charge in [0.05, 0.1) is 7.11 Å². The number of aliphatic hydroxyl groups is 1. The summed E-state index contributed by atoms with van der Waals surface area (Å²) in [6.45, 7) is 6.64. The molecule has 144 valence electrons. The minimum atomic E-state index is -0.479. The van der Waals surface area contributed by atoms with Gasteiger partial charge in [-0.15, -0.1) is 0 Å². The van der Waals surface area contributed by atoms with Crippen LogP contribution in [-0.4, -0.2) is 48.0 Å². The van der Waals surface area contributed by atoms with Crippen LogP contribution in [-0.2, 0) is 4.74 Å². The minimum absolute atomic E-state index is 0.179. The van der Waals surface area contributed by atoms with Crippen molar-refractivity contribution in [2.24, 2.45) is 11.8 Å². The highest BCUT2D eigenvalue weighted by Crippen LogP contribution is 2.44. The first kappa shape index (κ1) is 19.0. The molecule has 1 saturated heterocycles. The van der Waals surface area contributed by atoms with E-state index in [1.165, 1.54) is 5.56 Å². The van der Waals surface area contributed by atoms with Crippen LogP contribution in [0.4, 0.5) is 4.79 Å². The molecule has 2 bridgehead atoms. The molecule has 5 heteroatoms. The molecular weight excluding hydrogens is 330 g/mol. The van der Waals surface area contributed by atoms with Crippen LogP contribution in [0.25, 0.3) is 0 Å². The fourth-order valence-corrected chi connectivity index (χ4v) is 4.49. The van der Waals surface area contributed by atoms with Crippen LogP contribution >= 0.6 is 0 Å². The summed E-state index contributed by atoms with van der Waals surface area (Å²) in [7, 11) is 1.66. The number of nitrogens with zero attached hydrogens (tertiary/aromatic N) is 1. The standard InChI is InChI=1S/C21H31NO4/c1-21(2,3)26-20(24)22-12-14-9-16(13-23)19(11-17(22)10-14)15-5-7-18(25-4)8-6-15/h5-8,14,16-17,19,23H,9-13H2,1-4H3/t14?,16-,17+,19-/m0/s1. The number of ether oxygens (including phenoxy) is 2. The molecule has 1 unspecified atom stereocenters. The molecule has 0 aromatic heterocycles. The van der Waals surface area contributed by atoms with Crippen LogP contribution in [0.2, 0.25) is 0 Å². The number of fused-ring (bicyclic) bond motifs is 2. The molecule has 0 spiro atoms. The Morgan fingerprint density at radius 2 is 1.88 bits per heavy atom. The third-order valence-corrected chi connectivity index (χ3v) is 5.64. The van der Waals surface area contributed by atoms with Gasteiger partial charge in [0.25, 0.3) is 0 Å². The number of benzene rings is 1.